The second-order valence-corrected chi connectivity index (χ2v) is 12.1. The number of ether oxygens (including phenoxy) is 2. The largest absolute Gasteiger partial charge is 0.489 e. The summed E-state index contributed by atoms with van der Waals surface area (Å²) < 4.78 is 38.2. The van der Waals surface area contributed by atoms with E-state index in [-0.39, 0.29) is 18.8 Å². The highest BCUT2D eigenvalue weighted by Crippen LogP contribution is 2.31. The number of carbonyl (C=O) groups excluding carboxylic acids is 2. The standard InChI is InChI=1S/C25H36N6O6S/c1-16-22(37-19-10-6-9-18(13-19)24(32)28-38(4,34)35)12-11-20(26-16)23-21(31(3)29-27-23)15-36-25(33)30(2)14-17-7-5-8-17/h11-12,17-19H,5-10,13-15H2,1-4H3,(H,28,32)/t18-,19-/m0/s1. The van der Waals surface area contributed by atoms with Crippen molar-refractivity contribution in [2.45, 2.75) is 64.6 Å². The maximum atomic E-state index is 12.5. The molecule has 4 rings (SSSR count). The Morgan fingerprint density at radius 1 is 1.18 bits per heavy atom. The molecule has 2 aromatic rings. The molecule has 2 fully saturated rings. The second-order valence-electron chi connectivity index (χ2n) is 10.4. The highest BCUT2D eigenvalue weighted by Gasteiger charge is 2.30. The SMILES string of the molecule is Cc1nc(-c2nnn(C)c2COC(=O)N(C)CC2CCC2)ccc1O[C@H]1CCC[C@H](C(=O)NS(C)(=O)=O)C1. The van der Waals surface area contributed by atoms with Crippen LogP contribution in [0.3, 0.4) is 0 Å². The van der Waals surface area contributed by atoms with E-state index in [0.29, 0.717) is 53.8 Å². The predicted octanol–water partition coefficient (Wildman–Crippen LogP) is 2.57. The Morgan fingerprint density at radius 3 is 2.58 bits per heavy atom. The fourth-order valence-corrected chi connectivity index (χ4v) is 5.39. The smallest absolute Gasteiger partial charge is 0.409 e. The molecule has 13 heteroatoms. The number of carbonyl (C=O) groups is 2. The zero-order chi connectivity index (χ0) is 27.4. The van der Waals surface area contributed by atoms with Gasteiger partial charge in [0.25, 0.3) is 0 Å². The summed E-state index contributed by atoms with van der Waals surface area (Å²) >= 11 is 0. The van der Waals surface area contributed by atoms with Crippen LogP contribution in [0.2, 0.25) is 0 Å². The van der Waals surface area contributed by atoms with Crippen LogP contribution in [0.15, 0.2) is 12.1 Å². The Balaban J connectivity index is 1.39. The van der Waals surface area contributed by atoms with Gasteiger partial charge >= 0.3 is 6.09 Å². The van der Waals surface area contributed by atoms with Gasteiger partial charge in [-0.25, -0.2) is 22.9 Å². The average Bonchev–Trinajstić information content (AvgIpc) is 3.20. The van der Waals surface area contributed by atoms with Crippen molar-refractivity contribution in [3.63, 3.8) is 0 Å². The van der Waals surface area contributed by atoms with Crippen LogP contribution >= 0.6 is 0 Å². The lowest BCUT2D eigenvalue weighted by atomic mass is 9.85. The molecule has 2 heterocycles. The third-order valence-corrected chi connectivity index (χ3v) is 7.77. The fraction of sp³-hybridized carbons (Fsp3) is 0.640. The molecule has 0 bridgehead atoms. The Labute approximate surface area is 223 Å². The van der Waals surface area contributed by atoms with Gasteiger partial charge < -0.3 is 14.4 Å². The average molecular weight is 549 g/mol. The van der Waals surface area contributed by atoms with Crippen molar-refractivity contribution in [1.29, 1.82) is 0 Å². The highest BCUT2D eigenvalue weighted by atomic mass is 32.2. The highest BCUT2D eigenvalue weighted by molar-refractivity contribution is 7.89. The summed E-state index contributed by atoms with van der Waals surface area (Å²) in [6.07, 6.45) is 6.45. The van der Waals surface area contributed by atoms with E-state index in [4.69, 9.17) is 9.47 Å². The van der Waals surface area contributed by atoms with Gasteiger partial charge in [0, 0.05) is 26.6 Å². The minimum atomic E-state index is -3.60. The van der Waals surface area contributed by atoms with Gasteiger partial charge in [0.15, 0.2) is 0 Å². The molecule has 0 spiro atoms. The molecule has 2 atom stereocenters. The third-order valence-electron chi connectivity index (χ3n) is 7.20. The molecule has 2 aliphatic carbocycles. The summed E-state index contributed by atoms with van der Waals surface area (Å²) in [4.78, 5) is 31.0. The molecule has 208 valence electrons. The Bertz CT molecular complexity index is 1280. The number of hydrogen-bond acceptors (Lipinski definition) is 9. The number of pyridine rings is 1. The summed E-state index contributed by atoms with van der Waals surface area (Å²) in [6.45, 7) is 2.54. The number of hydrogen-bond donors (Lipinski definition) is 1. The predicted molar refractivity (Wildman–Crippen MR) is 138 cm³/mol. The van der Waals surface area contributed by atoms with E-state index in [0.717, 1.165) is 31.9 Å². The van der Waals surface area contributed by atoms with Crippen LogP contribution in [-0.2, 0) is 33.2 Å². The molecule has 0 saturated heterocycles. The van der Waals surface area contributed by atoms with Crippen LogP contribution in [-0.4, -0.2) is 71.2 Å². The van der Waals surface area contributed by atoms with Crippen molar-refractivity contribution in [2.24, 2.45) is 18.9 Å². The molecule has 2 amide bonds. The molecule has 2 aromatic heterocycles. The molecule has 38 heavy (non-hydrogen) atoms. The van der Waals surface area contributed by atoms with Crippen molar-refractivity contribution >= 4 is 22.0 Å². The number of rotatable bonds is 9. The summed E-state index contributed by atoms with van der Waals surface area (Å²) in [7, 11) is -0.112. The molecule has 0 aromatic carbocycles. The van der Waals surface area contributed by atoms with Gasteiger partial charge in [-0.15, -0.1) is 5.10 Å². The minimum Gasteiger partial charge on any atom is -0.489 e. The number of sulfonamides is 1. The van der Waals surface area contributed by atoms with Gasteiger partial charge in [-0.3, -0.25) is 9.52 Å². The van der Waals surface area contributed by atoms with E-state index in [1.54, 1.807) is 35.8 Å². The maximum Gasteiger partial charge on any atom is 0.409 e. The first kappa shape index (κ1) is 27.8. The topological polar surface area (TPSA) is 146 Å². The van der Waals surface area contributed by atoms with E-state index >= 15 is 0 Å². The Morgan fingerprint density at radius 2 is 1.92 bits per heavy atom. The monoisotopic (exact) mass is 548 g/mol. The molecule has 1 N–H and O–H groups in total. The van der Waals surface area contributed by atoms with Gasteiger partial charge in [0.05, 0.1) is 23.7 Å². The Kier molecular flexibility index (Phi) is 8.54. The van der Waals surface area contributed by atoms with E-state index in [1.807, 2.05) is 6.92 Å². The number of aromatic nitrogens is 4. The summed E-state index contributed by atoms with van der Waals surface area (Å²) in [6, 6.07) is 3.58. The first-order valence-electron chi connectivity index (χ1n) is 12.9. The van der Waals surface area contributed by atoms with Gasteiger partial charge in [0.1, 0.15) is 23.7 Å². The zero-order valence-corrected chi connectivity index (χ0v) is 23.2. The van der Waals surface area contributed by atoms with Crippen LogP contribution in [0.4, 0.5) is 4.79 Å². The fourth-order valence-electron chi connectivity index (χ4n) is 4.86. The van der Waals surface area contributed by atoms with Crippen LogP contribution in [0, 0.1) is 18.8 Å². The van der Waals surface area contributed by atoms with Crippen LogP contribution in [0.5, 0.6) is 5.75 Å². The molecule has 0 radical (unpaired) electrons. The van der Waals surface area contributed by atoms with Crippen molar-refractivity contribution in [2.75, 3.05) is 19.8 Å². The molecule has 2 saturated carbocycles. The summed E-state index contributed by atoms with van der Waals surface area (Å²) in [5.74, 6) is 0.223. The molecule has 12 nitrogen and oxygen atoms in total. The van der Waals surface area contributed by atoms with Crippen molar-refractivity contribution in [3.05, 3.63) is 23.5 Å². The maximum absolute atomic E-state index is 12.5. The number of nitrogens with zero attached hydrogens (tertiary/aromatic N) is 5. The van der Waals surface area contributed by atoms with Crippen molar-refractivity contribution < 1.29 is 27.5 Å². The lowest BCUT2D eigenvalue weighted by Crippen LogP contribution is -2.39. The second kappa shape index (κ2) is 11.7. The zero-order valence-electron chi connectivity index (χ0n) is 22.3. The lowest BCUT2D eigenvalue weighted by molar-refractivity contribution is -0.125. The van der Waals surface area contributed by atoms with E-state index in [2.05, 4.69) is 20.0 Å². The Hall–Kier alpha value is -3.22. The number of nitrogens with one attached hydrogen (secondary N) is 1. The van der Waals surface area contributed by atoms with Crippen LogP contribution in [0.1, 0.15) is 56.3 Å². The molecule has 0 aliphatic heterocycles. The van der Waals surface area contributed by atoms with Gasteiger partial charge in [-0.2, -0.15) is 0 Å². The number of amides is 2. The normalized spacial score (nSPS) is 19.9. The van der Waals surface area contributed by atoms with Gasteiger partial charge in [-0.1, -0.05) is 11.6 Å². The van der Waals surface area contributed by atoms with E-state index in [1.165, 1.54) is 6.42 Å². The van der Waals surface area contributed by atoms with Crippen LogP contribution in [0.25, 0.3) is 11.4 Å². The molecular formula is C25H36N6O6S. The van der Waals surface area contributed by atoms with E-state index < -0.39 is 21.8 Å². The summed E-state index contributed by atoms with van der Waals surface area (Å²) in [5.41, 5.74) is 2.36. The van der Waals surface area contributed by atoms with Gasteiger partial charge in [-0.05, 0) is 63.5 Å². The lowest BCUT2D eigenvalue weighted by Gasteiger charge is -2.29. The van der Waals surface area contributed by atoms with Crippen molar-refractivity contribution in [1.82, 2.24) is 29.6 Å². The minimum absolute atomic E-state index is 0.0185. The van der Waals surface area contributed by atoms with Crippen molar-refractivity contribution in [3.8, 4) is 17.1 Å². The molecular weight excluding hydrogens is 512 g/mol. The number of aryl methyl sites for hydroxylation is 2. The van der Waals surface area contributed by atoms with E-state index in [9.17, 15) is 18.0 Å². The quantitative estimate of drug-likeness (QED) is 0.499. The first-order valence-corrected chi connectivity index (χ1v) is 14.8. The summed E-state index contributed by atoms with van der Waals surface area (Å²) in [5, 5.41) is 8.33. The van der Waals surface area contributed by atoms with Crippen LogP contribution < -0.4 is 9.46 Å². The van der Waals surface area contributed by atoms with Gasteiger partial charge in [0.2, 0.25) is 15.9 Å². The third kappa shape index (κ3) is 7.00. The first-order chi connectivity index (χ1) is 18.0. The molecule has 2 aliphatic rings. The molecule has 0 unspecified atom stereocenters.